The summed E-state index contributed by atoms with van der Waals surface area (Å²) < 4.78 is 0. The van der Waals surface area contributed by atoms with E-state index in [1.54, 1.807) is 6.92 Å². The lowest BCUT2D eigenvalue weighted by molar-refractivity contribution is 0.939. The summed E-state index contributed by atoms with van der Waals surface area (Å²) in [6.07, 6.45) is 0. The Balaban J connectivity index is 2.83. The van der Waals surface area contributed by atoms with Crippen molar-refractivity contribution >= 4 is 0 Å². The van der Waals surface area contributed by atoms with Gasteiger partial charge in [-0.15, -0.1) is 5.92 Å². The minimum absolute atomic E-state index is 0.183. The van der Waals surface area contributed by atoms with Gasteiger partial charge >= 0.3 is 0 Å². The van der Waals surface area contributed by atoms with E-state index >= 15 is 0 Å². The Labute approximate surface area is 78.9 Å². The molecule has 68 valence electrons. The highest BCUT2D eigenvalue weighted by Gasteiger charge is 2.00. The van der Waals surface area contributed by atoms with E-state index in [0.717, 1.165) is 11.1 Å². The molecule has 0 radical (unpaired) electrons. The van der Waals surface area contributed by atoms with Gasteiger partial charge in [-0.25, -0.2) is 0 Å². The summed E-state index contributed by atoms with van der Waals surface area (Å²) in [4.78, 5) is 0. The molecule has 1 aromatic rings. The van der Waals surface area contributed by atoms with Crippen LogP contribution >= 0.6 is 0 Å². The van der Waals surface area contributed by atoms with Crippen molar-refractivity contribution < 1.29 is 0 Å². The van der Waals surface area contributed by atoms with Gasteiger partial charge in [0, 0.05) is 6.54 Å². The van der Waals surface area contributed by atoms with Gasteiger partial charge in [0.25, 0.3) is 0 Å². The third-order valence-corrected chi connectivity index (χ3v) is 1.87. The molecule has 1 aromatic carbocycles. The highest BCUT2D eigenvalue weighted by atomic mass is 14.6. The van der Waals surface area contributed by atoms with Gasteiger partial charge in [0.1, 0.15) is 0 Å². The quantitative estimate of drug-likeness (QED) is 0.661. The third kappa shape index (κ3) is 2.59. The number of benzene rings is 1. The Morgan fingerprint density at radius 3 is 2.38 bits per heavy atom. The highest BCUT2D eigenvalue weighted by molar-refractivity contribution is 5.29. The van der Waals surface area contributed by atoms with Crippen LogP contribution in [0, 0.1) is 11.8 Å². The van der Waals surface area contributed by atoms with Crippen LogP contribution in [0.3, 0.4) is 0 Å². The molecule has 0 saturated heterocycles. The van der Waals surface area contributed by atoms with Crippen LogP contribution in [0.1, 0.15) is 24.1 Å². The van der Waals surface area contributed by atoms with Crippen LogP contribution in [-0.4, -0.2) is 0 Å². The second-order valence-electron chi connectivity index (χ2n) is 2.82. The van der Waals surface area contributed by atoms with Crippen molar-refractivity contribution in [3.63, 3.8) is 0 Å². The molecule has 1 rings (SSSR count). The van der Waals surface area contributed by atoms with E-state index in [4.69, 9.17) is 11.5 Å². The fourth-order valence-electron chi connectivity index (χ4n) is 1.10. The average Bonchev–Trinajstić information content (AvgIpc) is 2.18. The maximum atomic E-state index is 5.79. The van der Waals surface area contributed by atoms with Crippen molar-refractivity contribution in [1.29, 1.82) is 0 Å². The molecule has 0 aliphatic carbocycles. The number of rotatable bonds is 2. The molecule has 0 spiro atoms. The molecular weight excluding hydrogens is 160 g/mol. The Bertz CT molecular complexity index is 316. The van der Waals surface area contributed by atoms with Gasteiger partial charge in [0.05, 0.1) is 6.04 Å². The largest absolute Gasteiger partial charge is 0.326 e. The highest BCUT2D eigenvalue weighted by Crippen LogP contribution is 2.10. The number of nitrogens with two attached hydrogens (primary N) is 2. The third-order valence-electron chi connectivity index (χ3n) is 1.87. The van der Waals surface area contributed by atoms with E-state index < -0.39 is 0 Å². The summed E-state index contributed by atoms with van der Waals surface area (Å²) in [5, 5.41) is 0. The van der Waals surface area contributed by atoms with E-state index in [2.05, 4.69) is 11.8 Å². The van der Waals surface area contributed by atoms with Crippen LogP contribution in [0.2, 0.25) is 0 Å². The first-order chi connectivity index (χ1) is 6.27. The lowest BCUT2D eigenvalue weighted by Gasteiger charge is -2.04. The molecular formula is C11H14N2. The van der Waals surface area contributed by atoms with Crippen LogP contribution < -0.4 is 11.5 Å². The first-order valence-electron chi connectivity index (χ1n) is 4.24. The standard InChI is InChI=1S/C11H14N2/c1-2-3-11(13)10-6-4-9(8-12)5-7-10/h4-7,11H,8,12-13H2,1H3. The molecule has 0 heterocycles. The van der Waals surface area contributed by atoms with E-state index in [1.807, 2.05) is 24.3 Å². The Kier molecular flexibility index (Phi) is 3.51. The smallest absolute Gasteiger partial charge is 0.0920 e. The summed E-state index contributed by atoms with van der Waals surface area (Å²) >= 11 is 0. The SMILES string of the molecule is CC#CC(N)c1ccc(CN)cc1. The summed E-state index contributed by atoms with van der Waals surface area (Å²) in [5.74, 6) is 5.69. The van der Waals surface area contributed by atoms with E-state index in [-0.39, 0.29) is 6.04 Å². The zero-order valence-corrected chi connectivity index (χ0v) is 7.75. The lowest BCUT2D eigenvalue weighted by atomic mass is 10.1. The van der Waals surface area contributed by atoms with Crippen molar-refractivity contribution in [1.82, 2.24) is 0 Å². The molecule has 1 atom stereocenters. The van der Waals surface area contributed by atoms with Gasteiger partial charge in [-0.05, 0) is 18.1 Å². The normalized spacial score (nSPS) is 11.6. The van der Waals surface area contributed by atoms with Crippen LogP contribution in [0.25, 0.3) is 0 Å². The molecule has 2 heteroatoms. The summed E-state index contributed by atoms with van der Waals surface area (Å²) in [6, 6.07) is 7.71. The van der Waals surface area contributed by atoms with Gasteiger partial charge < -0.3 is 11.5 Å². The van der Waals surface area contributed by atoms with Gasteiger partial charge in [0.15, 0.2) is 0 Å². The van der Waals surface area contributed by atoms with E-state index in [1.165, 1.54) is 0 Å². The molecule has 0 fully saturated rings. The lowest BCUT2D eigenvalue weighted by Crippen LogP contribution is -2.07. The van der Waals surface area contributed by atoms with Gasteiger partial charge in [-0.2, -0.15) is 0 Å². The molecule has 0 bridgehead atoms. The second-order valence-corrected chi connectivity index (χ2v) is 2.82. The molecule has 0 aromatic heterocycles. The molecule has 0 aliphatic heterocycles. The average molecular weight is 174 g/mol. The predicted octanol–water partition coefficient (Wildman–Crippen LogP) is 1.17. The molecule has 4 N–H and O–H groups in total. The van der Waals surface area contributed by atoms with Crippen molar-refractivity contribution in [3.8, 4) is 11.8 Å². The minimum atomic E-state index is -0.183. The summed E-state index contributed by atoms with van der Waals surface area (Å²) in [6.45, 7) is 2.35. The molecule has 2 nitrogen and oxygen atoms in total. The van der Waals surface area contributed by atoms with Crippen molar-refractivity contribution in [2.75, 3.05) is 0 Å². The monoisotopic (exact) mass is 174 g/mol. The first-order valence-corrected chi connectivity index (χ1v) is 4.24. The van der Waals surface area contributed by atoms with Crippen LogP contribution in [0.5, 0.6) is 0 Å². The molecule has 13 heavy (non-hydrogen) atoms. The Hall–Kier alpha value is -1.30. The number of hydrogen-bond donors (Lipinski definition) is 2. The Morgan fingerprint density at radius 1 is 1.31 bits per heavy atom. The van der Waals surface area contributed by atoms with E-state index in [0.29, 0.717) is 6.54 Å². The molecule has 1 unspecified atom stereocenters. The van der Waals surface area contributed by atoms with Crippen LogP contribution in [0.4, 0.5) is 0 Å². The zero-order chi connectivity index (χ0) is 9.68. The predicted molar refractivity (Wildman–Crippen MR) is 54.7 cm³/mol. The number of hydrogen-bond acceptors (Lipinski definition) is 2. The van der Waals surface area contributed by atoms with Crippen LogP contribution in [-0.2, 0) is 6.54 Å². The fraction of sp³-hybridized carbons (Fsp3) is 0.273. The molecule has 0 saturated carbocycles. The van der Waals surface area contributed by atoms with Crippen LogP contribution in [0.15, 0.2) is 24.3 Å². The van der Waals surface area contributed by atoms with Gasteiger partial charge in [-0.3, -0.25) is 0 Å². The molecule has 0 aliphatic rings. The fourth-order valence-corrected chi connectivity index (χ4v) is 1.10. The summed E-state index contributed by atoms with van der Waals surface area (Å²) in [5.41, 5.74) is 13.4. The van der Waals surface area contributed by atoms with E-state index in [9.17, 15) is 0 Å². The first kappa shape index (κ1) is 9.79. The summed E-state index contributed by atoms with van der Waals surface area (Å²) in [7, 11) is 0. The van der Waals surface area contributed by atoms with Gasteiger partial charge in [0.2, 0.25) is 0 Å². The maximum Gasteiger partial charge on any atom is 0.0920 e. The van der Waals surface area contributed by atoms with Crippen molar-refractivity contribution in [2.45, 2.75) is 19.5 Å². The van der Waals surface area contributed by atoms with Crippen molar-refractivity contribution in [2.24, 2.45) is 11.5 Å². The second kappa shape index (κ2) is 4.66. The zero-order valence-electron chi connectivity index (χ0n) is 7.75. The van der Waals surface area contributed by atoms with Crippen molar-refractivity contribution in [3.05, 3.63) is 35.4 Å². The Morgan fingerprint density at radius 2 is 1.92 bits per heavy atom. The maximum absolute atomic E-state index is 5.79. The minimum Gasteiger partial charge on any atom is -0.326 e. The van der Waals surface area contributed by atoms with Gasteiger partial charge in [-0.1, -0.05) is 30.2 Å². The molecule has 0 amide bonds. The topological polar surface area (TPSA) is 52.0 Å².